The van der Waals surface area contributed by atoms with Crippen molar-refractivity contribution in [3.8, 4) is 0 Å². The van der Waals surface area contributed by atoms with Gasteiger partial charge in [-0.2, -0.15) is 5.10 Å². The Labute approximate surface area is 75.2 Å². The molecular formula is C8H11BrN2. The molecule has 2 nitrogen and oxygen atoms in total. The van der Waals surface area contributed by atoms with E-state index in [0.29, 0.717) is 0 Å². The van der Waals surface area contributed by atoms with E-state index in [-0.39, 0.29) is 5.41 Å². The molecule has 0 spiro atoms. The van der Waals surface area contributed by atoms with Crippen LogP contribution in [-0.4, -0.2) is 10.2 Å². The molecule has 60 valence electrons. The van der Waals surface area contributed by atoms with Crippen LogP contribution in [0.5, 0.6) is 0 Å². The molecule has 0 amide bonds. The van der Waals surface area contributed by atoms with Crippen LogP contribution < -0.4 is 0 Å². The summed E-state index contributed by atoms with van der Waals surface area (Å²) in [4.78, 5) is 0. The van der Waals surface area contributed by atoms with Gasteiger partial charge in [-0.3, -0.25) is 0 Å². The maximum atomic E-state index is 4.05. The second kappa shape index (κ2) is 2.89. The van der Waals surface area contributed by atoms with Crippen molar-refractivity contribution in [1.82, 2.24) is 10.2 Å². The maximum absolute atomic E-state index is 4.05. The van der Waals surface area contributed by atoms with E-state index in [1.807, 2.05) is 12.1 Å². The molecule has 0 unspecified atom stereocenters. The molecule has 0 saturated carbocycles. The number of hydrogen-bond acceptors (Lipinski definition) is 2. The second-order valence-electron chi connectivity index (χ2n) is 3.49. The van der Waals surface area contributed by atoms with Gasteiger partial charge in [0.25, 0.3) is 0 Å². The van der Waals surface area contributed by atoms with Crippen molar-refractivity contribution in [2.24, 2.45) is 0 Å². The van der Waals surface area contributed by atoms with Gasteiger partial charge in [-0.15, -0.1) is 5.10 Å². The van der Waals surface area contributed by atoms with E-state index in [9.17, 15) is 0 Å². The normalized spacial score (nSPS) is 11.6. The van der Waals surface area contributed by atoms with E-state index in [4.69, 9.17) is 0 Å². The summed E-state index contributed by atoms with van der Waals surface area (Å²) in [7, 11) is 0. The van der Waals surface area contributed by atoms with Crippen LogP contribution >= 0.6 is 15.9 Å². The smallest absolute Gasteiger partial charge is 0.128 e. The fraction of sp³-hybridized carbons (Fsp3) is 0.500. The average Bonchev–Trinajstić information content (AvgIpc) is 1.86. The zero-order chi connectivity index (χ0) is 8.48. The Morgan fingerprint density at radius 2 is 1.82 bits per heavy atom. The van der Waals surface area contributed by atoms with Crippen molar-refractivity contribution in [2.75, 3.05) is 0 Å². The predicted molar refractivity (Wildman–Crippen MR) is 48.4 cm³/mol. The van der Waals surface area contributed by atoms with E-state index in [2.05, 4.69) is 46.9 Å². The summed E-state index contributed by atoms with van der Waals surface area (Å²) in [6.07, 6.45) is 0. The standard InChI is InChI=1S/C8H11BrN2/c1-8(2,3)6-4-5-7(9)11-10-6/h4-5H,1-3H3. The van der Waals surface area contributed by atoms with Gasteiger partial charge in [0, 0.05) is 5.41 Å². The third kappa shape index (κ3) is 2.26. The van der Waals surface area contributed by atoms with Gasteiger partial charge in [-0.25, -0.2) is 0 Å². The molecule has 0 aliphatic heterocycles. The molecule has 0 aromatic carbocycles. The minimum atomic E-state index is 0.0910. The fourth-order valence-corrected chi connectivity index (χ4v) is 0.927. The van der Waals surface area contributed by atoms with E-state index < -0.39 is 0 Å². The average molecular weight is 215 g/mol. The van der Waals surface area contributed by atoms with Gasteiger partial charge in [0.15, 0.2) is 0 Å². The molecule has 0 atom stereocenters. The van der Waals surface area contributed by atoms with E-state index in [1.54, 1.807) is 0 Å². The molecule has 0 aliphatic rings. The highest BCUT2D eigenvalue weighted by Crippen LogP contribution is 2.19. The van der Waals surface area contributed by atoms with Crippen LogP contribution in [0.25, 0.3) is 0 Å². The van der Waals surface area contributed by atoms with Gasteiger partial charge >= 0.3 is 0 Å². The molecule has 1 rings (SSSR count). The van der Waals surface area contributed by atoms with Crippen molar-refractivity contribution in [3.63, 3.8) is 0 Å². The monoisotopic (exact) mass is 214 g/mol. The highest BCUT2D eigenvalue weighted by molar-refractivity contribution is 9.10. The van der Waals surface area contributed by atoms with Gasteiger partial charge in [0.05, 0.1) is 5.69 Å². The van der Waals surface area contributed by atoms with Crippen LogP contribution in [0.3, 0.4) is 0 Å². The predicted octanol–water partition coefficient (Wildman–Crippen LogP) is 2.54. The van der Waals surface area contributed by atoms with Gasteiger partial charge in [-0.1, -0.05) is 20.8 Å². The molecule has 0 saturated heterocycles. The third-order valence-corrected chi connectivity index (χ3v) is 1.82. The van der Waals surface area contributed by atoms with Crippen molar-refractivity contribution < 1.29 is 0 Å². The molecule has 0 radical (unpaired) electrons. The van der Waals surface area contributed by atoms with Gasteiger partial charge in [0.2, 0.25) is 0 Å². The second-order valence-corrected chi connectivity index (χ2v) is 4.30. The van der Waals surface area contributed by atoms with Crippen molar-refractivity contribution in [1.29, 1.82) is 0 Å². The first-order valence-electron chi connectivity index (χ1n) is 3.50. The lowest BCUT2D eigenvalue weighted by Crippen LogP contribution is -2.13. The van der Waals surface area contributed by atoms with Crippen LogP contribution in [-0.2, 0) is 5.41 Å². The van der Waals surface area contributed by atoms with Crippen LogP contribution in [0.2, 0.25) is 0 Å². The van der Waals surface area contributed by atoms with Crippen LogP contribution in [0, 0.1) is 0 Å². The largest absolute Gasteiger partial charge is 0.154 e. The lowest BCUT2D eigenvalue weighted by Gasteiger charge is -2.15. The molecule has 0 aliphatic carbocycles. The Hall–Kier alpha value is -0.440. The Balaban J connectivity index is 2.99. The lowest BCUT2D eigenvalue weighted by molar-refractivity contribution is 0.557. The zero-order valence-electron chi connectivity index (χ0n) is 6.93. The van der Waals surface area contributed by atoms with E-state index in [1.165, 1.54) is 0 Å². The number of nitrogens with zero attached hydrogens (tertiary/aromatic N) is 2. The molecule has 1 heterocycles. The Kier molecular flexibility index (Phi) is 2.28. The van der Waals surface area contributed by atoms with Crippen molar-refractivity contribution >= 4 is 15.9 Å². The first-order chi connectivity index (χ1) is 5.00. The molecule has 0 fully saturated rings. The van der Waals surface area contributed by atoms with E-state index >= 15 is 0 Å². The number of rotatable bonds is 0. The molecule has 11 heavy (non-hydrogen) atoms. The summed E-state index contributed by atoms with van der Waals surface area (Å²) in [6.45, 7) is 6.35. The first-order valence-corrected chi connectivity index (χ1v) is 4.29. The van der Waals surface area contributed by atoms with Crippen LogP contribution in [0.1, 0.15) is 26.5 Å². The quantitative estimate of drug-likeness (QED) is 0.664. The molecule has 1 aromatic rings. The number of aromatic nitrogens is 2. The summed E-state index contributed by atoms with van der Waals surface area (Å²) >= 11 is 3.24. The number of halogens is 1. The topological polar surface area (TPSA) is 25.8 Å². The number of hydrogen-bond donors (Lipinski definition) is 0. The van der Waals surface area contributed by atoms with Crippen LogP contribution in [0.4, 0.5) is 0 Å². The Bertz CT molecular complexity index is 235. The summed E-state index contributed by atoms with van der Waals surface area (Å²) in [6, 6.07) is 3.89. The summed E-state index contributed by atoms with van der Waals surface area (Å²) in [5.41, 5.74) is 1.11. The summed E-state index contributed by atoms with van der Waals surface area (Å²) < 4.78 is 0.783. The minimum absolute atomic E-state index is 0.0910. The van der Waals surface area contributed by atoms with Crippen LogP contribution in [0.15, 0.2) is 16.7 Å². The molecule has 3 heteroatoms. The van der Waals surface area contributed by atoms with E-state index in [0.717, 1.165) is 10.3 Å². The SMILES string of the molecule is CC(C)(C)c1ccc(Br)nn1. The lowest BCUT2D eigenvalue weighted by atomic mass is 9.92. The van der Waals surface area contributed by atoms with Gasteiger partial charge < -0.3 is 0 Å². The first kappa shape index (κ1) is 8.65. The van der Waals surface area contributed by atoms with Gasteiger partial charge in [0.1, 0.15) is 4.60 Å². The Morgan fingerprint density at radius 3 is 2.18 bits per heavy atom. The maximum Gasteiger partial charge on any atom is 0.128 e. The third-order valence-electron chi connectivity index (χ3n) is 1.40. The zero-order valence-corrected chi connectivity index (χ0v) is 8.51. The summed E-state index contributed by atoms with van der Waals surface area (Å²) in [5, 5.41) is 7.96. The molecule has 0 N–H and O–H groups in total. The van der Waals surface area contributed by atoms with Gasteiger partial charge in [-0.05, 0) is 28.1 Å². The fourth-order valence-electron chi connectivity index (χ4n) is 0.716. The summed E-state index contributed by atoms with van der Waals surface area (Å²) in [5.74, 6) is 0. The Morgan fingerprint density at radius 1 is 1.18 bits per heavy atom. The highest BCUT2D eigenvalue weighted by atomic mass is 79.9. The highest BCUT2D eigenvalue weighted by Gasteiger charge is 2.14. The molecule has 0 bridgehead atoms. The minimum Gasteiger partial charge on any atom is -0.154 e. The molecular weight excluding hydrogens is 204 g/mol. The molecule has 1 aromatic heterocycles. The van der Waals surface area contributed by atoms with Crippen molar-refractivity contribution in [3.05, 3.63) is 22.4 Å². The van der Waals surface area contributed by atoms with Crippen molar-refractivity contribution in [2.45, 2.75) is 26.2 Å².